The van der Waals surface area contributed by atoms with Crippen LogP contribution in [0.5, 0.6) is 0 Å². The molecule has 1 amide bonds. The van der Waals surface area contributed by atoms with Gasteiger partial charge < -0.3 is 10.2 Å². The fourth-order valence-corrected chi connectivity index (χ4v) is 3.15. The summed E-state index contributed by atoms with van der Waals surface area (Å²) in [7, 11) is 0. The quantitative estimate of drug-likeness (QED) is 0.783. The Morgan fingerprint density at radius 1 is 1.30 bits per heavy atom. The zero-order chi connectivity index (χ0) is 13.8. The summed E-state index contributed by atoms with van der Waals surface area (Å²) >= 11 is 0. The van der Waals surface area contributed by atoms with Gasteiger partial charge in [0.05, 0.1) is 0 Å². The average molecular weight is 303 g/mol. The number of carbonyl (C=O) groups is 1. The van der Waals surface area contributed by atoms with Crippen LogP contribution in [0.25, 0.3) is 0 Å². The Morgan fingerprint density at radius 2 is 2.00 bits per heavy atom. The van der Waals surface area contributed by atoms with E-state index >= 15 is 0 Å². The van der Waals surface area contributed by atoms with Crippen molar-refractivity contribution >= 4 is 18.3 Å². The molecule has 0 radical (unpaired) electrons. The average Bonchev–Trinajstić information content (AvgIpc) is 3.10. The van der Waals surface area contributed by atoms with Crippen LogP contribution in [0.2, 0.25) is 0 Å². The lowest BCUT2D eigenvalue weighted by molar-refractivity contribution is -0.135. The molecular formula is C16H31ClN2O. The van der Waals surface area contributed by atoms with E-state index < -0.39 is 0 Å². The third-order valence-corrected chi connectivity index (χ3v) is 5.06. The summed E-state index contributed by atoms with van der Waals surface area (Å²) in [5.74, 6) is 1.74. The van der Waals surface area contributed by atoms with E-state index in [1.165, 1.54) is 19.3 Å². The molecule has 1 aliphatic heterocycles. The first kappa shape index (κ1) is 17.8. The molecule has 4 heteroatoms. The van der Waals surface area contributed by atoms with Crippen LogP contribution in [0.4, 0.5) is 0 Å². The van der Waals surface area contributed by atoms with Gasteiger partial charge in [0.1, 0.15) is 0 Å². The van der Waals surface area contributed by atoms with E-state index in [0.717, 1.165) is 38.3 Å². The number of hydrogen-bond acceptors (Lipinski definition) is 2. The van der Waals surface area contributed by atoms with Crippen LogP contribution < -0.4 is 5.32 Å². The number of hydrogen-bond donors (Lipinski definition) is 1. The highest BCUT2D eigenvalue weighted by Crippen LogP contribution is 2.32. The van der Waals surface area contributed by atoms with E-state index in [2.05, 4.69) is 31.0 Å². The Morgan fingerprint density at radius 3 is 2.50 bits per heavy atom. The Balaban J connectivity index is 0.00000200. The molecule has 0 aromatic heterocycles. The van der Waals surface area contributed by atoms with E-state index in [4.69, 9.17) is 0 Å². The summed E-state index contributed by atoms with van der Waals surface area (Å²) in [6, 6.07) is 0.963. The molecule has 0 aromatic carbocycles. The lowest BCUT2D eigenvalue weighted by atomic mass is 9.97. The van der Waals surface area contributed by atoms with Crippen molar-refractivity contribution in [2.24, 2.45) is 11.8 Å². The second-order valence-corrected chi connectivity index (χ2v) is 6.56. The molecule has 3 nitrogen and oxygen atoms in total. The summed E-state index contributed by atoms with van der Waals surface area (Å²) in [4.78, 5) is 14.8. The molecule has 0 spiro atoms. The number of carbonyl (C=O) groups excluding carboxylic acids is 1. The summed E-state index contributed by atoms with van der Waals surface area (Å²) in [5.41, 5.74) is 0. The van der Waals surface area contributed by atoms with Gasteiger partial charge in [-0.05, 0) is 57.5 Å². The Kier molecular flexibility index (Phi) is 7.32. The smallest absolute Gasteiger partial charge is 0.223 e. The number of nitrogens with zero attached hydrogens (tertiary/aromatic N) is 1. The molecule has 118 valence electrons. The third kappa shape index (κ3) is 4.63. The van der Waals surface area contributed by atoms with Crippen LogP contribution in [0.1, 0.15) is 59.3 Å². The fraction of sp³-hybridized carbons (Fsp3) is 0.938. The highest BCUT2D eigenvalue weighted by Gasteiger charge is 2.36. The molecule has 0 aromatic rings. The minimum absolute atomic E-state index is 0. The minimum atomic E-state index is 0. The second kappa shape index (κ2) is 8.23. The van der Waals surface area contributed by atoms with Crippen LogP contribution in [0.3, 0.4) is 0 Å². The number of halogens is 1. The van der Waals surface area contributed by atoms with Crippen LogP contribution in [-0.2, 0) is 4.79 Å². The van der Waals surface area contributed by atoms with Crippen LogP contribution >= 0.6 is 12.4 Å². The van der Waals surface area contributed by atoms with E-state index in [-0.39, 0.29) is 12.4 Å². The Hall–Kier alpha value is -0.280. The van der Waals surface area contributed by atoms with Crippen LogP contribution in [0, 0.1) is 11.8 Å². The summed E-state index contributed by atoms with van der Waals surface area (Å²) in [6.07, 6.45) is 6.67. The van der Waals surface area contributed by atoms with Gasteiger partial charge in [0.25, 0.3) is 0 Å². The van der Waals surface area contributed by atoms with Crippen molar-refractivity contribution in [2.75, 3.05) is 13.1 Å². The maximum Gasteiger partial charge on any atom is 0.223 e. The maximum atomic E-state index is 12.5. The second-order valence-electron chi connectivity index (χ2n) is 6.56. The van der Waals surface area contributed by atoms with E-state index in [1.54, 1.807) is 0 Å². The predicted molar refractivity (Wildman–Crippen MR) is 86.2 cm³/mol. The number of rotatable bonds is 7. The van der Waals surface area contributed by atoms with Gasteiger partial charge in [0, 0.05) is 18.5 Å². The lowest BCUT2D eigenvalue weighted by Gasteiger charge is -2.33. The predicted octanol–water partition coefficient (Wildman–Crippen LogP) is 3.22. The topological polar surface area (TPSA) is 32.3 Å². The monoisotopic (exact) mass is 302 g/mol. The van der Waals surface area contributed by atoms with Crippen molar-refractivity contribution in [1.82, 2.24) is 10.2 Å². The minimum Gasteiger partial charge on any atom is -0.337 e. The Bertz CT molecular complexity index is 301. The van der Waals surface area contributed by atoms with Gasteiger partial charge in [-0.15, -0.1) is 12.4 Å². The maximum absolute atomic E-state index is 12.5. The van der Waals surface area contributed by atoms with Crippen LogP contribution in [-0.4, -0.2) is 36.0 Å². The molecule has 20 heavy (non-hydrogen) atoms. The van der Waals surface area contributed by atoms with Gasteiger partial charge in [-0.25, -0.2) is 0 Å². The van der Waals surface area contributed by atoms with Crippen molar-refractivity contribution in [1.29, 1.82) is 0 Å². The number of nitrogens with one attached hydrogen (secondary N) is 1. The van der Waals surface area contributed by atoms with Gasteiger partial charge >= 0.3 is 0 Å². The molecule has 2 aliphatic rings. The molecule has 3 unspecified atom stereocenters. The van der Waals surface area contributed by atoms with Gasteiger partial charge in [-0.3, -0.25) is 4.79 Å². The first-order valence-corrected chi connectivity index (χ1v) is 8.15. The van der Waals surface area contributed by atoms with Crippen molar-refractivity contribution in [3.63, 3.8) is 0 Å². The molecule has 0 bridgehead atoms. The van der Waals surface area contributed by atoms with Gasteiger partial charge in [-0.1, -0.05) is 20.3 Å². The first-order chi connectivity index (χ1) is 9.13. The van der Waals surface area contributed by atoms with E-state index in [1.807, 2.05) is 0 Å². The fourth-order valence-electron chi connectivity index (χ4n) is 3.15. The molecule has 3 atom stereocenters. The van der Waals surface area contributed by atoms with E-state index in [0.29, 0.717) is 23.9 Å². The molecule has 1 aliphatic carbocycles. The normalized spacial score (nSPS) is 24.9. The highest BCUT2D eigenvalue weighted by molar-refractivity contribution is 5.85. The first-order valence-electron chi connectivity index (χ1n) is 8.15. The largest absolute Gasteiger partial charge is 0.337 e. The zero-order valence-corrected chi connectivity index (χ0v) is 14.0. The molecule has 1 saturated carbocycles. The van der Waals surface area contributed by atoms with Crippen molar-refractivity contribution < 1.29 is 4.79 Å². The SMILES string of the molecule is CCC(C)C(C)N(C(=O)CCC1CCNC1)C1CC1.Cl. The summed E-state index contributed by atoms with van der Waals surface area (Å²) in [6.45, 7) is 8.97. The van der Waals surface area contributed by atoms with Gasteiger partial charge in [0.15, 0.2) is 0 Å². The van der Waals surface area contributed by atoms with Crippen molar-refractivity contribution in [3.05, 3.63) is 0 Å². The van der Waals surface area contributed by atoms with Gasteiger partial charge in [0.2, 0.25) is 5.91 Å². The van der Waals surface area contributed by atoms with Crippen molar-refractivity contribution in [2.45, 2.75) is 71.4 Å². The molecular weight excluding hydrogens is 272 g/mol. The van der Waals surface area contributed by atoms with Crippen LogP contribution in [0.15, 0.2) is 0 Å². The molecule has 1 saturated heterocycles. The summed E-state index contributed by atoms with van der Waals surface area (Å²) < 4.78 is 0. The molecule has 1 N–H and O–H groups in total. The van der Waals surface area contributed by atoms with Crippen molar-refractivity contribution in [3.8, 4) is 0 Å². The van der Waals surface area contributed by atoms with Gasteiger partial charge in [-0.2, -0.15) is 0 Å². The van der Waals surface area contributed by atoms with E-state index in [9.17, 15) is 4.79 Å². The molecule has 2 fully saturated rings. The Labute approximate surface area is 130 Å². The lowest BCUT2D eigenvalue weighted by Crippen LogP contribution is -2.43. The standard InChI is InChI=1S/C16H30N2O.ClH/c1-4-12(2)13(3)18(15-6-7-15)16(19)8-5-14-9-10-17-11-14;/h12-15,17H,4-11H2,1-3H3;1H. The third-order valence-electron chi connectivity index (χ3n) is 5.06. The summed E-state index contributed by atoms with van der Waals surface area (Å²) in [5, 5.41) is 3.39. The zero-order valence-electron chi connectivity index (χ0n) is 13.2. The number of amides is 1. The molecule has 2 rings (SSSR count). The molecule has 1 heterocycles. The highest BCUT2D eigenvalue weighted by atomic mass is 35.5.